The van der Waals surface area contributed by atoms with Gasteiger partial charge in [0, 0.05) is 0 Å². The Morgan fingerprint density at radius 2 is 1.61 bits per heavy atom. The number of para-hydroxylation sites is 2. The minimum absolute atomic E-state index is 0.108. The highest BCUT2D eigenvalue weighted by molar-refractivity contribution is 5.91. The van der Waals surface area contributed by atoms with Crippen LogP contribution < -0.4 is 9.47 Å². The van der Waals surface area contributed by atoms with Gasteiger partial charge in [0.15, 0.2) is 11.5 Å². The molecule has 3 nitrogen and oxygen atoms in total. The maximum atomic E-state index is 13.4. The summed E-state index contributed by atoms with van der Waals surface area (Å²) in [6.45, 7) is 0. The van der Waals surface area contributed by atoms with Crippen molar-refractivity contribution in [3.8, 4) is 11.5 Å². The van der Waals surface area contributed by atoms with Crippen LogP contribution in [0.1, 0.15) is 10.4 Å². The lowest BCUT2D eigenvalue weighted by Crippen LogP contribution is -2.11. The zero-order chi connectivity index (χ0) is 13.0. The predicted molar refractivity (Wildman–Crippen MR) is 64.4 cm³/mol. The fourth-order valence-corrected chi connectivity index (χ4v) is 1.48. The van der Waals surface area contributed by atoms with Gasteiger partial charge in [-0.3, -0.25) is 0 Å². The standard InChI is InChI=1S/C14H11FO3/c1-17-12-8-4-5-9-13(12)18-14(16)10-6-2-3-7-11(10)15/h2-9H,1H3. The van der Waals surface area contributed by atoms with Crippen molar-refractivity contribution < 1.29 is 18.7 Å². The van der Waals surface area contributed by atoms with Crippen LogP contribution in [0, 0.1) is 5.82 Å². The summed E-state index contributed by atoms with van der Waals surface area (Å²) in [7, 11) is 1.47. The number of hydrogen-bond donors (Lipinski definition) is 0. The summed E-state index contributed by atoms with van der Waals surface area (Å²) in [6, 6.07) is 12.3. The van der Waals surface area contributed by atoms with Crippen molar-refractivity contribution in [3.63, 3.8) is 0 Å². The first kappa shape index (κ1) is 12.1. The third-order valence-electron chi connectivity index (χ3n) is 2.37. The average molecular weight is 246 g/mol. The van der Waals surface area contributed by atoms with Crippen LogP contribution in [0.5, 0.6) is 11.5 Å². The number of esters is 1. The fourth-order valence-electron chi connectivity index (χ4n) is 1.48. The Morgan fingerprint density at radius 1 is 1.00 bits per heavy atom. The van der Waals surface area contributed by atoms with Crippen LogP contribution in [-0.4, -0.2) is 13.1 Å². The van der Waals surface area contributed by atoms with Crippen LogP contribution in [0.3, 0.4) is 0 Å². The van der Waals surface area contributed by atoms with Crippen molar-refractivity contribution >= 4 is 5.97 Å². The maximum absolute atomic E-state index is 13.4. The molecule has 0 heterocycles. The molecule has 0 spiro atoms. The molecule has 0 aliphatic rings. The molecule has 0 radical (unpaired) electrons. The van der Waals surface area contributed by atoms with Gasteiger partial charge < -0.3 is 9.47 Å². The average Bonchev–Trinajstić information content (AvgIpc) is 2.39. The molecule has 2 aromatic rings. The number of ether oxygens (including phenoxy) is 2. The summed E-state index contributed by atoms with van der Waals surface area (Å²) in [5.74, 6) is -0.689. The molecule has 92 valence electrons. The second kappa shape index (κ2) is 5.31. The minimum Gasteiger partial charge on any atom is -0.493 e. The van der Waals surface area contributed by atoms with E-state index in [1.807, 2.05) is 0 Å². The van der Waals surface area contributed by atoms with Crippen molar-refractivity contribution in [2.24, 2.45) is 0 Å². The van der Waals surface area contributed by atoms with Gasteiger partial charge in [0.1, 0.15) is 5.82 Å². The van der Waals surface area contributed by atoms with Gasteiger partial charge >= 0.3 is 5.97 Å². The second-order valence-electron chi connectivity index (χ2n) is 3.52. The predicted octanol–water partition coefficient (Wildman–Crippen LogP) is 3.05. The van der Waals surface area contributed by atoms with Crippen LogP contribution >= 0.6 is 0 Å². The quantitative estimate of drug-likeness (QED) is 0.616. The molecule has 0 aromatic heterocycles. The summed E-state index contributed by atoms with van der Waals surface area (Å²) in [6.07, 6.45) is 0. The molecule has 18 heavy (non-hydrogen) atoms. The molecule has 2 aromatic carbocycles. The number of carbonyl (C=O) groups is 1. The van der Waals surface area contributed by atoms with Gasteiger partial charge in [0.05, 0.1) is 12.7 Å². The largest absolute Gasteiger partial charge is 0.493 e. The van der Waals surface area contributed by atoms with E-state index >= 15 is 0 Å². The van der Waals surface area contributed by atoms with E-state index in [1.54, 1.807) is 30.3 Å². The molecule has 0 aliphatic heterocycles. The van der Waals surface area contributed by atoms with Gasteiger partial charge in [0.25, 0.3) is 0 Å². The normalized spacial score (nSPS) is 9.89. The Labute approximate surface area is 104 Å². The second-order valence-corrected chi connectivity index (χ2v) is 3.52. The third-order valence-corrected chi connectivity index (χ3v) is 2.37. The number of rotatable bonds is 3. The van der Waals surface area contributed by atoms with E-state index in [2.05, 4.69) is 0 Å². The smallest absolute Gasteiger partial charge is 0.346 e. The first-order valence-corrected chi connectivity index (χ1v) is 5.32. The zero-order valence-corrected chi connectivity index (χ0v) is 9.72. The monoisotopic (exact) mass is 246 g/mol. The molecule has 0 N–H and O–H groups in total. The molecule has 0 amide bonds. The van der Waals surface area contributed by atoms with Crippen molar-refractivity contribution in [1.82, 2.24) is 0 Å². The Hall–Kier alpha value is -2.36. The highest BCUT2D eigenvalue weighted by atomic mass is 19.1. The van der Waals surface area contributed by atoms with Crippen molar-refractivity contribution in [2.75, 3.05) is 7.11 Å². The molecule has 0 saturated carbocycles. The van der Waals surface area contributed by atoms with Gasteiger partial charge in [-0.05, 0) is 24.3 Å². The van der Waals surface area contributed by atoms with E-state index in [4.69, 9.17) is 9.47 Å². The van der Waals surface area contributed by atoms with Crippen molar-refractivity contribution in [3.05, 3.63) is 59.9 Å². The highest BCUT2D eigenvalue weighted by Crippen LogP contribution is 2.26. The summed E-state index contributed by atoms with van der Waals surface area (Å²) in [4.78, 5) is 11.8. The number of benzene rings is 2. The van der Waals surface area contributed by atoms with Gasteiger partial charge in [-0.2, -0.15) is 0 Å². The molecule has 4 heteroatoms. The highest BCUT2D eigenvalue weighted by Gasteiger charge is 2.15. The summed E-state index contributed by atoms with van der Waals surface area (Å²) < 4.78 is 23.5. The van der Waals surface area contributed by atoms with Gasteiger partial charge in [-0.1, -0.05) is 24.3 Å². The minimum atomic E-state index is -0.752. The Morgan fingerprint density at radius 3 is 2.28 bits per heavy atom. The Balaban J connectivity index is 2.24. The Kier molecular flexibility index (Phi) is 3.57. The van der Waals surface area contributed by atoms with E-state index in [-0.39, 0.29) is 11.3 Å². The molecule has 0 saturated heterocycles. The molecule has 0 bridgehead atoms. The van der Waals surface area contributed by atoms with Crippen LogP contribution in [-0.2, 0) is 0 Å². The van der Waals surface area contributed by atoms with E-state index < -0.39 is 11.8 Å². The molecule has 0 fully saturated rings. The lowest BCUT2D eigenvalue weighted by molar-refractivity contribution is 0.0725. The number of carbonyl (C=O) groups excluding carboxylic acids is 1. The molecular formula is C14H11FO3. The first-order valence-electron chi connectivity index (χ1n) is 5.32. The molecule has 0 unspecified atom stereocenters. The van der Waals surface area contributed by atoms with E-state index in [1.165, 1.54) is 25.3 Å². The van der Waals surface area contributed by atoms with E-state index in [0.717, 1.165) is 0 Å². The van der Waals surface area contributed by atoms with Crippen molar-refractivity contribution in [2.45, 2.75) is 0 Å². The lowest BCUT2D eigenvalue weighted by Gasteiger charge is -2.08. The van der Waals surface area contributed by atoms with E-state index in [0.29, 0.717) is 5.75 Å². The SMILES string of the molecule is COc1ccccc1OC(=O)c1ccccc1F. The zero-order valence-electron chi connectivity index (χ0n) is 9.72. The van der Waals surface area contributed by atoms with Crippen LogP contribution in [0.15, 0.2) is 48.5 Å². The first-order chi connectivity index (χ1) is 8.72. The number of methoxy groups -OCH3 is 1. The van der Waals surface area contributed by atoms with Crippen LogP contribution in [0.4, 0.5) is 4.39 Å². The summed E-state index contributed by atoms with van der Waals surface area (Å²) >= 11 is 0. The van der Waals surface area contributed by atoms with Crippen LogP contribution in [0.25, 0.3) is 0 Å². The fraction of sp³-hybridized carbons (Fsp3) is 0.0714. The summed E-state index contributed by atoms with van der Waals surface area (Å²) in [5.41, 5.74) is -0.108. The topological polar surface area (TPSA) is 35.5 Å². The third kappa shape index (κ3) is 2.48. The molecule has 0 atom stereocenters. The van der Waals surface area contributed by atoms with E-state index in [9.17, 15) is 9.18 Å². The molecule has 2 rings (SSSR count). The molecule has 0 aliphatic carbocycles. The lowest BCUT2D eigenvalue weighted by atomic mass is 10.2. The van der Waals surface area contributed by atoms with Gasteiger partial charge in [0.2, 0.25) is 0 Å². The summed E-state index contributed by atoms with van der Waals surface area (Å²) in [5, 5.41) is 0. The van der Waals surface area contributed by atoms with Crippen LogP contribution in [0.2, 0.25) is 0 Å². The molecular weight excluding hydrogens is 235 g/mol. The van der Waals surface area contributed by atoms with Gasteiger partial charge in [-0.25, -0.2) is 9.18 Å². The van der Waals surface area contributed by atoms with Crippen molar-refractivity contribution in [1.29, 1.82) is 0 Å². The number of hydrogen-bond acceptors (Lipinski definition) is 3. The van der Waals surface area contributed by atoms with Gasteiger partial charge in [-0.15, -0.1) is 0 Å². The number of halogens is 1. The Bertz CT molecular complexity index is 566. The maximum Gasteiger partial charge on any atom is 0.346 e.